The molecule has 0 saturated carbocycles. The van der Waals surface area contributed by atoms with Crippen molar-refractivity contribution in [1.29, 1.82) is 0 Å². The van der Waals surface area contributed by atoms with Gasteiger partial charge in [-0.2, -0.15) is 0 Å². The monoisotopic (exact) mass is 411 g/mol. The fraction of sp³-hybridized carbons (Fsp3) is 0.478. The Balaban J connectivity index is 1.58. The van der Waals surface area contributed by atoms with E-state index in [-0.39, 0.29) is 0 Å². The van der Waals surface area contributed by atoms with E-state index in [4.69, 9.17) is 14.5 Å². The number of aromatic nitrogens is 1. The average Bonchev–Trinajstić information content (AvgIpc) is 2.77. The Bertz CT molecular complexity index is 825. The third kappa shape index (κ3) is 6.02. The number of piperidine rings is 1. The van der Waals surface area contributed by atoms with Gasteiger partial charge in [-0.25, -0.2) is 4.99 Å². The van der Waals surface area contributed by atoms with Gasteiger partial charge >= 0.3 is 0 Å². The van der Waals surface area contributed by atoms with Crippen molar-refractivity contribution in [2.45, 2.75) is 39.3 Å². The first-order valence-electron chi connectivity index (χ1n) is 10.6. The lowest BCUT2D eigenvalue weighted by molar-refractivity contribution is 0.393. The molecule has 1 saturated heterocycles. The Labute approximate surface area is 179 Å². The number of pyridine rings is 1. The van der Waals surface area contributed by atoms with Crippen LogP contribution in [0.2, 0.25) is 0 Å². The molecule has 7 nitrogen and oxygen atoms in total. The molecule has 1 aliphatic heterocycles. The number of ether oxygens (including phenoxy) is 2. The molecular weight excluding hydrogens is 378 g/mol. The van der Waals surface area contributed by atoms with Crippen LogP contribution >= 0.6 is 0 Å². The number of aryl methyl sites for hydroxylation is 1. The van der Waals surface area contributed by atoms with Gasteiger partial charge < -0.3 is 25.0 Å². The minimum atomic E-state index is 0.386. The first kappa shape index (κ1) is 21.7. The van der Waals surface area contributed by atoms with E-state index in [0.717, 1.165) is 67.0 Å². The molecule has 2 N–H and O–H groups in total. The summed E-state index contributed by atoms with van der Waals surface area (Å²) >= 11 is 0. The van der Waals surface area contributed by atoms with Gasteiger partial charge in [-0.05, 0) is 38.8 Å². The van der Waals surface area contributed by atoms with Crippen LogP contribution in [-0.2, 0) is 6.54 Å². The van der Waals surface area contributed by atoms with Gasteiger partial charge in [0.15, 0.2) is 5.96 Å². The molecule has 2 aromatic rings. The highest BCUT2D eigenvalue weighted by Crippen LogP contribution is 2.30. The largest absolute Gasteiger partial charge is 0.497 e. The first-order valence-corrected chi connectivity index (χ1v) is 10.6. The fourth-order valence-corrected chi connectivity index (χ4v) is 3.62. The predicted molar refractivity (Wildman–Crippen MR) is 122 cm³/mol. The molecule has 7 heteroatoms. The van der Waals surface area contributed by atoms with E-state index in [1.807, 2.05) is 31.2 Å². The maximum Gasteiger partial charge on any atom is 0.191 e. The number of guanidine groups is 1. The van der Waals surface area contributed by atoms with Gasteiger partial charge in [0.05, 0.1) is 26.5 Å². The van der Waals surface area contributed by atoms with Gasteiger partial charge in [0, 0.05) is 55.3 Å². The second-order valence-electron chi connectivity index (χ2n) is 7.44. The Morgan fingerprint density at radius 1 is 1.13 bits per heavy atom. The summed E-state index contributed by atoms with van der Waals surface area (Å²) in [6.07, 6.45) is 2.07. The molecule has 0 amide bonds. The van der Waals surface area contributed by atoms with Crippen LogP contribution in [0.15, 0.2) is 41.4 Å². The lowest BCUT2D eigenvalue weighted by Gasteiger charge is -2.34. The van der Waals surface area contributed by atoms with E-state index in [1.54, 1.807) is 14.2 Å². The first-order chi connectivity index (χ1) is 14.6. The van der Waals surface area contributed by atoms with Crippen molar-refractivity contribution in [2.24, 2.45) is 4.99 Å². The van der Waals surface area contributed by atoms with Crippen LogP contribution < -0.4 is 25.0 Å². The van der Waals surface area contributed by atoms with E-state index in [0.29, 0.717) is 12.6 Å². The molecule has 0 spiro atoms. The maximum absolute atomic E-state index is 5.41. The molecule has 1 aromatic heterocycles. The average molecular weight is 412 g/mol. The van der Waals surface area contributed by atoms with E-state index in [2.05, 4.69) is 39.6 Å². The number of benzene rings is 1. The van der Waals surface area contributed by atoms with Crippen LogP contribution in [0.1, 0.15) is 31.2 Å². The Morgan fingerprint density at radius 2 is 1.83 bits per heavy atom. The minimum Gasteiger partial charge on any atom is -0.497 e. The number of anilines is 1. The molecule has 0 atom stereocenters. The summed E-state index contributed by atoms with van der Waals surface area (Å²) in [4.78, 5) is 11.6. The summed E-state index contributed by atoms with van der Waals surface area (Å²) in [6, 6.07) is 12.5. The van der Waals surface area contributed by atoms with Crippen LogP contribution in [0.4, 0.5) is 5.69 Å². The SMILES string of the molecule is CCNC(=NCc1cccc(C)n1)NC1CCN(c2cc(OC)cc(OC)c2)CC1. The Hall–Kier alpha value is -2.96. The molecule has 2 heterocycles. The number of aliphatic imine (C=N–C) groups is 1. The second-order valence-corrected chi connectivity index (χ2v) is 7.44. The van der Waals surface area contributed by atoms with Gasteiger partial charge in [-0.15, -0.1) is 0 Å². The van der Waals surface area contributed by atoms with Crippen LogP contribution in [0.5, 0.6) is 11.5 Å². The van der Waals surface area contributed by atoms with Crippen LogP contribution in [0.3, 0.4) is 0 Å². The highest BCUT2D eigenvalue weighted by Gasteiger charge is 2.21. The lowest BCUT2D eigenvalue weighted by Crippen LogP contribution is -2.48. The molecule has 0 bridgehead atoms. The van der Waals surface area contributed by atoms with E-state index >= 15 is 0 Å². The molecule has 3 rings (SSSR count). The number of rotatable bonds is 7. The van der Waals surface area contributed by atoms with E-state index in [1.165, 1.54) is 0 Å². The molecule has 0 aliphatic carbocycles. The molecule has 162 valence electrons. The van der Waals surface area contributed by atoms with Crippen molar-refractivity contribution in [2.75, 3.05) is 38.8 Å². The number of nitrogens with one attached hydrogen (secondary N) is 2. The quantitative estimate of drug-likeness (QED) is 0.539. The zero-order chi connectivity index (χ0) is 21.3. The van der Waals surface area contributed by atoms with Crippen molar-refractivity contribution < 1.29 is 9.47 Å². The van der Waals surface area contributed by atoms with E-state index < -0.39 is 0 Å². The smallest absolute Gasteiger partial charge is 0.191 e. The number of hydrogen-bond donors (Lipinski definition) is 2. The van der Waals surface area contributed by atoms with Gasteiger partial charge in [0.25, 0.3) is 0 Å². The van der Waals surface area contributed by atoms with Crippen LogP contribution in [-0.4, -0.2) is 50.8 Å². The molecule has 0 unspecified atom stereocenters. The third-order valence-electron chi connectivity index (χ3n) is 5.23. The topological polar surface area (TPSA) is 71.0 Å². The van der Waals surface area contributed by atoms with Gasteiger partial charge in [-0.1, -0.05) is 6.07 Å². The highest BCUT2D eigenvalue weighted by molar-refractivity contribution is 5.80. The lowest BCUT2D eigenvalue weighted by atomic mass is 10.0. The zero-order valence-electron chi connectivity index (χ0n) is 18.4. The molecule has 0 radical (unpaired) electrons. The normalized spacial score (nSPS) is 15.1. The molecule has 30 heavy (non-hydrogen) atoms. The molecule has 1 aromatic carbocycles. The van der Waals surface area contributed by atoms with Crippen LogP contribution in [0, 0.1) is 6.92 Å². The van der Waals surface area contributed by atoms with Gasteiger partial charge in [0.2, 0.25) is 0 Å². The summed E-state index contributed by atoms with van der Waals surface area (Å²) < 4.78 is 10.8. The highest BCUT2D eigenvalue weighted by atomic mass is 16.5. The fourth-order valence-electron chi connectivity index (χ4n) is 3.62. The van der Waals surface area contributed by atoms with Gasteiger partial charge in [0.1, 0.15) is 11.5 Å². The maximum atomic E-state index is 5.41. The summed E-state index contributed by atoms with van der Waals surface area (Å²) in [6.45, 7) is 7.41. The number of nitrogens with zero attached hydrogens (tertiary/aromatic N) is 3. The van der Waals surface area contributed by atoms with Crippen molar-refractivity contribution in [3.63, 3.8) is 0 Å². The van der Waals surface area contributed by atoms with Crippen molar-refractivity contribution in [3.8, 4) is 11.5 Å². The summed E-state index contributed by atoms with van der Waals surface area (Å²) in [5.74, 6) is 2.48. The molecular formula is C23H33N5O2. The molecule has 1 fully saturated rings. The summed E-state index contributed by atoms with van der Waals surface area (Å²) in [7, 11) is 3.37. The summed E-state index contributed by atoms with van der Waals surface area (Å²) in [5.41, 5.74) is 3.13. The number of hydrogen-bond acceptors (Lipinski definition) is 5. The standard InChI is InChI=1S/C23H33N5O2/c1-5-24-23(25-16-19-8-6-7-17(2)26-19)27-18-9-11-28(12-10-18)20-13-21(29-3)15-22(14-20)30-4/h6-8,13-15,18H,5,9-12,16H2,1-4H3,(H2,24,25,27). The minimum absolute atomic E-state index is 0.386. The molecule has 1 aliphatic rings. The van der Waals surface area contributed by atoms with E-state index in [9.17, 15) is 0 Å². The summed E-state index contributed by atoms with van der Waals surface area (Å²) in [5, 5.41) is 6.95. The van der Waals surface area contributed by atoms with Crippen molar-refractivity contribution in [1.82, 2.24) is 15.6 Å². The van der Waals surface area contributed by atoms with Gasteiger partial charge in [-0.3, -0.25) is 4.98 Å². The van der Waals surface area contributed by atoms with Crippen LogP contribution in [0.25, 0.3) is 0 Å². The number of methoxy groups -OCH3 is 2. The van der Waals surface area contributed by atoms with Crippen molar-refractivity contribution in [3.05, 3.63) is 47.8 Å². The third-order valence-corrected chi connectivity index (χ3v) is 5.23. The van der Waals surface area contributed by atoms with Crippen molar-refractivity contribution >= 4 is 11.6 Å². The Morgan fingerprint density at radius 3 is 2.43 bits per heavy atom. The zero-order valence-corrected chi connectivity index (χ0v) is 18.4. The second kappa shape index (κ2) is 10.7. The predicted octanol–water partition coefficient (Wildman–Crippen LogP) is 3.13. The Kier molecular flexibility index (Phi) is 7.76.